The molecule has 1 saturated heterocycles. The Bertz CT molecular complexity index is 737. The van der Waals surface area contributed by atoms with E-state index in [1.165, 1.54) is 11.5 Å². The third kappa shape index (κ3) is 2.68. The number of anilines is 4. The fourth-order valence-electron chi connectivity index (χ4n) is 3.61. The zero-order chi connectivity index (χ0) is 16.5. The summed E-state index contributed by atoms with van der Waals surface area (Å²) in [5, 5.41) is 15.2. The van der Waals surface area contributed by atoms with Gasteiger partial charge in [-0.2, -0.15) is 0 Å². The van der Waals surface area contributed by atoms with Crippen LogP contribution in [-0.2, 0) is 11.3 Å². The zero-order valence-electron chi connectivity index (χ0n) is 13.8. The molecule has 2 N–H and O–H groups in total. The van der Waals surface area contributed by atoms with Gasteiger partial charge in [-0.15, -0.1) is 0 Å². The average molecular weight is 326 g/mol. The van der Waals surface area contributed by atoms with Gasteiger partial charge in [0.05, 0.1) is 30.6 Å². The average Bonchev–Trinajstić information content (AvgIpc) is 3.00. The summed E-state index contributed by atoms with van der Waals surface area (Å²) in [6.45, 7) is 2.16. The number of nitrogens with one attached hydrogen (secondary N) is 1. The summed E-state index contributed by atoms with van der Waals surface area (Å²) < 4.78 is 5.35. The molecule has 6 nitrogen and oxygen atoms in total. The molecule has 3 heterocycles. The molecule has 2 aliphatic rings. The van der Waals surface area contributed by atoms with Gasteiger partial charge in [0, 0.05) is 31.1 Å². The third-order valence-electron chi connectivity index (χ3n) is 4.79. The van der Waals surface area contributed by atoms with E-state index in [4.69, 9.17) is 4.74 Å². The number of nitrogens with zero attached hydrogens (tertiary/aromatic N) is 3. The molecule has 2 aromatic rings. The van der Waals surface area contributed by atoms with Gasteiger partial charge in [0.15, 0.2) is 0 Å². The second kappa shape index (κ2) is 6.30. The molecular formula is C18H22N4O2. The predicted molar refractivity (Wildman–Crippen MR) is 94.2 cm³/mol. The van der Waals surface area contributed by atoms with Crippen molar-refractivity contribution in [2.75, 3.05) is 35.5 Å². The third-order valence-corrected chi connectivity index (χ3v) is 4.79. The number of pyridine rings is 1. The van der Waals surface area contributed by atoms with Crippen LogP contribution in [0.4, 0.5) is 22.9 Å². The molecule has 1 aromatic carbocycles. The van der Waals surface area contributed by atoms with Gasteiger partial charge in [-0.25, -0.2) is 4.98 Å². The van der Waals surface area contributed by atoms with E-state index >= 15 is 0 Å². The molecule has 0 saturated carbocycles. The van der Waals surface area contributed by atoms with Crippen molar-refractivity contribution < 1.29 is 9.94 Å². The minimum Gasteiger partial charge on any atom is -0.383 e. The van der Waals surface area contributed by atoms with Gasteiger partial charge in [-0.3, -0.25) is 10.3 Å². The van der Waals surface area contributed by atoms with Crippen molar-refractivity contribution in [3.05, 3.63) is 42.1 Å². The molecule has 126 valence electrons. The highest BCUT2D eigenvalue weighted by molar-refractivity contribution is 5.80. The van der Waals surface area contributed by atoms with Crippen LogP contribution < -0.4 is 15.3 Å². The van der Waals surface area contributed by atoms with Crippen molar-refractivity contribution in [2.45, 2.75) is 25.4 Å². The van der Waals surface area contributed by atoms with Gasteiger partial charge in [0.2, 0.25) is 0 Å². The van der Waals surface area contributed by atoms with E-state index in [2.05, 4.69) is 21.3 Å². The Morgan fingerprint density at radius 2 is 2.29 bits per heavy atom. The first-order valence-electron chi connectivity index (χ1n) is 8.33. The zero-order valence-corrected chi connectivity index (χ0v) is 13.8. The fraction of sp³-hybridized carbons (Fsp3) is 0.389. The summed E-state index contributed by atoms with van der Waals surface area (Å²) in [6, 6.07) is 10.4. The topological polar surface area (TPSA) is 60.9 Å². The molecule has 0 spiro atoms. The number of hydrogen-bond acceptors (Lipinski definition) is 6. The van der Waals surface area contributed by atoms with Crippen molar-refractivity contribution >= 4 is 22.9 Å². The van der Waals surface area contributed by atoms with E-state index in [1.54, 1.807) is 13.3 Å². The molecule has 0 aliphatic carbocycles. The number of benzene rings is 1. The summed E-state index contributed by atoms with van der Waals surface area (Å²) in [5.41, 5.74) is 3.72. The number of methoxy groups -OCH3 is 1. The molecule has 0 radical (unpaired) electrons. The summed E-state index contributed by atoms with van der Waals surface area (Å²) >= 11 is 0. The molecule has 4 rings (SSSR count). The lowest BCUT2D eigenvalue weighted by molar-refractivity contribution is 0.181. The van der Waals surface area contributed by atoms with Gasteiger partial charge >= 0.3 is 0 Å². The smallest absolute Gasteiger partial charge is 0.135 e. The molecule has 0 unspecified atom stereocenters. The summed E-state index contributed by atoms with van der Waals surface area (Å²) in [6.07, 6.45) is 4.06. The SMILES string of the molecule is COC[C@H]1CCCN1c1ccc2c(c1)N(O)Cc1cccnc1N2. The van der Waals surface area contributed by atoms with Gasteiger partial charge < -0.3 is 15.0 Å². The van der Waals surface area contributed by atoms with Crippen LogP contribution in [0.5, 0.6) is 0 Å². The highest BCUT2D eigenvalue weighted by Gasteiger charge is 2.26. The molecule has 1 fully saturated rings. The van der Waals surface area contributed by atoms with Gasteiger partial charge in [0.1, 0.15) is 5.82 Å². The second-order valence-electron chi connectivity index (χ2n) is 6.34. The summed E-state index contributed by atoms with van der Waals surface area (Å²) in [7, 11) is 1.75. The van der Waals surface area contributed by atoms with Gasteiger partial charge in [0.25, 0.3) is 0 Å². The molecule has 1 aromatic heterocycles. The molecule has 1 atom stereocenters. The number of fused-ring (bicyclic) bond motifs is 2. The van der Waals surface area contributed by atoms with Crippen LogP contribution in [0.15, 0.2) is 36.5 Å². The molecular weight excluding hydrogens is 304 g/mol. The molecule has 0 bridgehead atoms. The van der Waals surface area contributed by atoms with E-state index in [0.717, 1.165) is 48.0 Å². The number of hydrogen-bond donors (Lipinski definition) is 2. The minimum absolute atomic E-state index is 0.401. The van der Waals surface area contributed by atoms with E-state index in [9.17, 15) is 5.21 Å². The van der Waals surface area contributed by atoms with E-state index < -0.39 is 0 Å². The first-order valence-corrected chi connectivity index (χ1v) is 8.33. The molecule has 2 aliphatic heterocycles. The normalized spacial score (nSPS) is 19.5. The first kappa shape index (κ1) is 15.2. The predicted octanol–water partition coefficient (Wildman–Crippen LogP) is 3.15. The second-order valence-corrected chi connectivity index (χ2v) is 6.34. The molecule has 6 heteroatoms. The Balaban J connectivity index is 1.67. The van der Waals surface area contributed by atoms with Gasteiger partial charge in [-0.05, 0) is 37.1 Å². The van der Waals surface area contributed by atoms with Crippen LogP contribution in [0.3, 0.4) is 0 Å². The van der Waals surface area contributed by atoms with E-state index in [0.29, 0.717) is 12.6 Å². The monoisotopic (exact) mass is 326 g/mol. The fourth-order valence-corrected chi connectivity index (χ4v) is 3.61. The van der Waals surface area contributed by atoms with Gasteiger partial charge in [-0.1, -0.05) is 6.07 Å². The Morgan fingerprint density at radius 3 is 3.17 bits per heavy atom. The molecule has 24 heavy (non-hydrogen) atoms. The highest BCUT2D eigenvalue weighted by Crippen LogP contribution is 2.38. The Morgan fingerprint density at radius 1 is 1.38 bits per heavy atom. The standard InChI is InChI=1S/C18H22N4O2/c1-24-12-15-5-3-9-21(15)14-6-7-16-17(10-14)22(23)11-13-4-2-8-19-18(13)20-16/h2,4,6-8,10,15,23H,3,5,9,11-12H2,1H3,(H,19,20)/t15-/m1/s1. The highest BCUT2D eigenvalue weighted by atomic mass is 16.5. The van der Waals surface area contributed by atoms with Crippen LogP contribution in [0, 0.1) is 0 Å². The largest absolute Gasteiger partial charge is 0.383 e. The van der Waals surface area contributed by atoms with Crippen molar-refractivity contribution in [3.63, 3.8) is 0 Å². The number of hydroxylamine groups is 1. The van der Waals surface area contributed by atoms with Crippen molar-refractivity contribution in [3.8, 4) is 0 Å². The van der Waals surface area contributed by atoms with Crippen molar-refractivity contribution in [1.29, 1.82) is 0 Å². The van der Waals surface area contributed by atoms with Crippen LogP contribution in [0.2, 0.25) is 0 Å². The maximum Gasteiger partial charge on any atom is 0.135 e. The summed E-state index contributed by atoms with van der Waals surface area (Å²) in [5.74, 6) is 0.793. The van der Waals surface area contributed by atoms with Crippen LogP contribution in [-0.4, -0.2) is 36.5 Å². The van der Waals surface area contributed by atoms with Crippen molar-refractivity contribution in [2.24, 2.45) is 0 Å². The lowest BCUT2D eigenvalue weighted by Crippen LogP contribution is -2.32. The minimum atomic E-state index is 0.401. The number of aromatic nitrogens is 1. The Kier molecular flexibility index (Phi) is 4.00. The number of rotatable bonds is 3. The Labute approximate surface area is 141 Å². The first-order chi connectivity index (χ1) is 11.8. The lowest BCUT2D eigenvalue weighted by Gasteiger charge is -2.28. The number of ether oxygens (including phenoxy) is 1. The van der Waals surface area contributed by atoms with Crippen LogP contribution in [0.25, 0.3) is 0 Å². The van der Waals surface area contributed by atoms with Crippen molar-refractivity contribution in [1.82, 2.24) is 4.98 Å². The lowest BCUT2D eigenvalue weighted by atomic mass is 10.2. The van der Waals surface area contributed by atoms with Crippen LogP contribution >= 0.6 is 0 Å². The summed E-state index contributed by atoms with van der Waals surface area (Å²) in [4.78, 5) is 6.74. The maximum atomic E-state index is 10.5. The van der Waals surface area contributed by atoms with Crippen LogP contribution in [0.1, 0.15) is 18.4 Å². The Hall–Kier alpha value is -2.31. The van der Waals surface area contributed by atoms with E-state index in [1.807, 2.05) is 24.3 Å². The quantitative estimate of drug-likeness (QED) is 0.903. The molecule has 0 amide bonds. The maximum absolute atomic E-state index is 10.5. The van der Waals surface area contributed by atoms with E-state index in [-0.39, 0.29) is 0 Å².